The fourth-order valence-electron chi connectivity index (χ4n) is 5.14. The molecule has 5 rings (SSSR count). The van der Waals surface area contributed by atoms with Gasteiger partial charge in [0.1, 0.15) is 5.82 Å². The number of aromatic nitrogens is 3. The van der Waals surface area contributed by atoms with E-state index in [1.54, 1.807) is 13.2 Å². The maximum absolute atomic E-state index is 13.4. The highest BCUT2D eigenvalue weighted by molar-refractivity contribution is 5.97. The Labute approximate surface area is 190 Å². The Morgan fingerprint density at radius 1 is 1.18 bits per heavy atom. The second-order valence-corrected chi connectivity index (χ2v) is 8.79. The summed E-state index contributed by atoms with van der Waals surface area (Å²) in [7, 11) is 1.62. The van der Waals surface area contributed by atoms with Crippen LogP contribution >= 0.6 is 0 Å². The smallest absolute Gasteiger partial charge is 0.271 e. The van der Waals surface area contributed by atoms with E-state index >= 15 is 0 Å². The van der Waals surface area contributed by atoms with Gasteiger partial charge in [-0.25, -0.2) is 9.37 Å². The number of aromatic amines is 1. The van der Waals surface area contributed by atoms with Crippen molar-refractivity contribution in [3.05, 3.63) is 64.2 Å². The number of likely N-dealkylation sites (tertiary alicyclic amines) is 1. The Hall–Kier alpha value is -3.33. The van der Waals surface area contributed by atoms with Gasteiger partial charge < -0.3 is 15.2 Å². The van der Waals surface area contributed by atoms with Crippen molar-refractivity contribution >= 4 is 22.5 Å². The van der Waals surface area contributed by atoms with Crippen molar-refractivity contribution in [3.63, 3.8) is 0 Å². The molecular formula is C24H27FN6O2. The van der Waals surface area contributed by atoms with Crippen LogP contribution in [0.5, 0.6) is 0 Å². The largest absolute Gasteiger partial charge is 0.370 e. The third-order valence-electron chi connectivity index (χ3n) is 6.89. The molecular weight excluding hydrogens is 423 g/mol. The Balaban J connectivity index is 1.25. The summed E-state index contributed by atoms with van der Waals surface area (Å²) in [5.41, 5.74) is 2.47. The van der Waals surface area contributed by atoms with Crippen LogP contribution in [0.15, 0.2) is 41.5 Å². The van der Waals surface area contributed by atoms with Gasteiger partial charge in [0, 0.05) is 50.5 Å². The average Bonchev–Trinajstić information content (AvgIpc) is 3.34. The zero-order valence-electron chi connectivity index (χ0n) is 18.6. The topological polar surface area (TPSA) is 94.2 Å². The number of piperidine rings is 1. The number of H-pyrrole nitrogens is 1. The minimum atomic E-state index is -0.507. The fourth-order valence-corrected chi connectivity index (χ4v) is 5.14. The number of pyridine rings is 3. The van der Waals surface area contributed by atoms with E-state index in [-0.39, 0.29) is 22.8 Å². The number of fused-ring (bicyclic) bond motifs is 1. The van der Waals surface area contributed by atoms with Crippen LogP contribution in [-0.2, 0) is 0 Å². The highest BCUT2D eigenvalue weighted by Gasteiger charge is 2.32. The Morgan fingerprint density at radius 2 is 2.00 bits per heavy atom. The van der Waals surface area contributed by atoms with E-state index in [0.717, 1.165) is 63.0 Å². The number of amides is 1. The highest BCUT2D eigenvalue weighted by atomic mass is 19.1. The van der Waals surface area contributed by atoms with Gasteiger partial charge in [0.2, 0.25) is 0 Å². The summed E-state index contributed by atoms with van der Waals surface area (Å²) in [6.45, 7) is 3.58. The number of hydrogen-bond donors (Lipinski definition) is 2. The summed E-state index contributed by atoms with van der Waals surface area (Å²) in [5.74, 6) is -0.449. The molecule has 2 aliphatic rings. The van der Waals surface area contributed by atoms with Crippen molar-refractivity contribution < 1.29 is 9.18 Å². The van der Waals surface area contributed by atoms with Gasteiger partial charge in [0.05, 0.1) is 22.8 Å². The van der Waals surface area contributed by atoms with Crippen LogP contribution in [0.4, 0.5) is 10.1 Å². The summed E-state index contributed by atoms with van der Waals surface area (Å²) < 4.78 is 13.4. The predicted octanol–water partition coefficient (Wildman–Crippen LogP) is 2.28. The minimum absolute atomic E-state index is 0.170. The van der Waals surface area contributed by atoms with Crippen LogP contribution in [0.3, 0.4) is 0 Å². The van der Waals surface area contributed by atoms with Gasteiger partial charge in [-0.05, 0) is 50.1 Å². The molecule has 0 spiro atoms. The summed E-state index contributed by atoms with van der Waals surface area (Å²) >= 11 is 0. The highest BCUT2D eigenvalue weighted by Crippen LogP contribution is 2.32. The molecule has 5 heterocycles. The lowest BCUT2D eigenvalue weighted by molar-refractivity contribution is 0.0958. The van der Waals surface area contributed by atoms with Gasteiger partial charge in [-0.15, -0.1) is 0 Å². The molecule has 0 radical (unpaired) electrons. The maximum Gasteiger partial charge on any atom is 0.271 e. The lowest BCUT2D eigenvalue weighted by atomic mass is 10.0. The monoisotopic (exact) mass is 450 g/mol. The van der Waals surface area contributed by atoms with Crippen LogP contribution < -0.4 is 15.8 Å². The lowest BCUT2D eigenvalue weighted by Crippen LogP contribution is -2.44. The molecule has 8 nitrogen and oxygen atoms in total. The molecule has 2 saturated heterocycles. The zero-order valence-corrected chi connectivity index (χ0v) is 18.6. The van der Waals surface area contributed by atoms with Crippen molar-refractivity contribution in [2.24, 2.45) is 0 Å². The van der Waals surface area contributed by atoms with Gasteiger partial charge in [0.25, 0.3) is 11.5 Å². The van der Waals surface area contributed by atoms with Gasteiger partial charge in [0.15, 0.2) is 5.69 Å². The standard InChI is InChI=1S/C24H27FN6O2/c1-26-24(33)22-21(3-2-7-27-22)30-9-5-17(6-10-30)31-8-4-15(14-31)19-12-20-18(23(32)29-19)11-16(25)13-28-20/h2-3,7,11-13,15,17H,4-6,8-10,14H2,1H3,(H,26,33)(H,29,32). The van der Waals surface area contributed by atoms with E-state index in [1.807, 2.05) is 18.2 Å². The first-order chi connectivity index (χ1) is 16.0. The number of carbonyl (C=O) groups excluding carboxylic acids is 1. The zero-order chi connectivity index (χ0) is 22.9. The molecule has 0 saturated carbocycles. The van der Waals surface area contributed by atoms with Crippen molar-refractivity contribution in [2.75, 3.05) is 38.1 Å². The molecule has 0 aliphatic carbocycles. The van der Waals surface area contributed by atoms with Gasteiger partial charge in [-0.3, -0.25) is 19.5 Å². The molecule has 2 aliphatic heterocycles. The molecule has 2 N–H and O–H groups in total. The van der Waals surface area contributed by atoms with Crippen molar-refractivity contribution in [3.8, 4) is 0 Å². The SMILES string of the molecule is CNC(=O)c1ncccc1N1CCC(N2CCC(c3cc4ncc(F)cc4c(=O)[nH]3)C2)CC1. The first kappa shape index (κ1) is 21.5. The van der Waals surface area contributed by atoms with Crippen LogP contribution in [0.1, 0.15) is 41.4 Å². The van der Waals surface area contributed by atoms with Gasteiger partial charge in [-0.2, -0.15) is 0 Å². The summed E-state index contributed by atoms with van der Waals surface area (Å²) in [4.78, 5) is 40.7. The summed E-state index contributed by atoms with van der Waals surface area (Å²) in [5, 5.41) is 2.95. The molecule has 3 aromatic rings. The Bertz CT molecular complexity index is 1240. The minimum Gasteiger partial charge on any atom is -0.370 e. The molecule has 1 atom stereocenters. The van der Waals surface area contributed by atoms with Crippen molar-refractivity contribution in [1.82, 2.24) is 25.2 Å². The van der Waals surface area contributed by atoms with Crippen molar-refractivity contribution in [2.45, 2.75) is 31.2 Å². The van der Waals surface area contributed by atoms with E-state index < -0.39 is 5.82 Å². The lowest BCUT2D eigenvalue weighted by Gasteiger charge is -2.38. The molecule has 0 aromatic carbocycles. The van der Waals surface area contributed by atoms with E-state index in [4.69, 9.17) is 0 Å². The molecule has 9 heteroatoms. The summed E-state index contributed by atoms with van der Waals surface area (Å²) in [6, 6.07) is 7.41. The van der Waals surface area contributed by atoms with Crippen LogP contribution in [0, 0.1) is 5.82 Å². The molecule has 0 bridgehead atoms. The molecule has 1 unspecified atom stereocenters. The third kappa shape index (κ3) is 4.20. The fraction of sp³-hybridized carbons (Fsp3) is 0.417. The van der Waals surface area contributed by atoms with Crippen LogP contribution in [0.25, 0.3) is 10.9 Å². The number of halogens is 1. The molecule has 3 aromatic heterocycles. The average molecular weight is 451 g/mol. The van der Waals surface area contributed by atoms with E-state index in [0.29, 0.717) is 17.3 Å². The Morgan fingerprint density at radius 3 is 2.79 bits per heavy atom. The van der Waals surface area contributed by atoms with E-state index in [2.05, 4.69) is 30.1 Å². The predicted molar refractivity (Wildman–Crippen MR) is 124 cm³/mol. The second kappa shape index (κ2) is 8.90. The number of anilines is 1. The van der Waals surface area contributed by atoms with Gasteiger partial charge in [-0.1, -0.05) is 0 Å². The first-order valence-corrected chi connectivity index (χ1v) is 11.4. The van der Waals surface area contributed by atoms with E-state index in [1.165, 1.54) is 6.07 Å². The molecule has 172 valence electrons. The third-order valence-corrected chi connectivity index (χ3v) is 6.89. The number of nitrogens with zero attached hydrogens (tertiary/aromatic N) is 4. The number of hydrogen-bond acceptors (Lipinski definition) is 6. The molecule has 33 heavy (non-hydrogen) atoms. The van der Waals surface area contributed by atoms with Gasteiger partial charge >= 0.3 is 0 Å². The normalized spacial score (nSPS) is 19.8. The number of carbonyl (C=O) groups is 1. The van der Waals surface area contributed by atoms with Crippen LogP contribution in [-0.4, -0.2) is 65.0 Å². The number of nitrogens with one attached hydrogen (secondary N) is 2. The number of rotatable bonds is 4. The molecule has 1 amide bonds. The maximum atomic E-state index is 13.4. The first-order valence-electron chi connectivity index (χ1n) is 11.4. The van der Waals surface area contributed by atoms with Crippen LogP contribution in [0.2, 0.25) is 0 Å². The van der Waals surface area contributed by atoms with E-state index in [9.17, 15) is 14.0 Å². The van der Waals surface area contributed by atoms with Crippen molar-refractivity contribution in [1.29, 1.82) is 0 Å². The Kier molecular flexibility index (Phi) is 5.80. The second-order valence-electron chi connectivity index (χ2n) is 8.79. The molecule has 2 fully saturated rings. The summed E-state index contributed by atoms with van der Waals surface area (Å²) in [6.07, 6.45) is 5.77. The quantitative estimate of drug-likeness (QED) is 0.633.